The van der Waals surface area contributed by atoms with Crippen molar-refractivity contribution >= 4 is 46.4 Å². The van der Waals surface area contributed by atoms with Crippen molar-refractivity contribution in [3.05, 3.63) is 69.0 Å². The molecule has 9 heteroatoms. The molecule has 2 aromatic rings. The highest BCUT2D eigenvalue weighted by Crippen LogP contribution is 2.34. The van der Waals surface area contributed by atoms with E-state index in [9.17, 15) is 14.7 Å². The molecule has 0 spiro atoms. The van der Waals surface area contributed by atoms with Crippen LogP contribution in [0.5, 0.6) is 0 Å². The number of hydrogen-bond donors (Lipinski definition) is 4. The van der Waals surface area contributed by atoms with Crippen LogP contribution in [0.4, 0.5) is 11.4 Å². The SMILES string of the molecule is [C-]#[N+]c1ccc(N[C@@H](C(=O)NNC(=O)c2ccc(Cl)cc2)C(C)(C)O)c(C)c1Cl. The summed E-state index contributed by atoms with van der Waals surface area (Å²) in [6.45, 7) is 11.7. The van der Waals surface area contributed by atoms with Gasteiger partial charge in [-0.05, 0) is 56.7 Å². The van der Waals surface area contributed by atoms with Gasteiger partial charge >= 0.3 is 0 Å². The fourth-order valence-electron chi connectivity index (χ4n) is 2.50. The minimum atomic E-state index is -1.48. The van der Waals surface area contributed by atoms with Crippen molar-refractivity contribution in [1.82, 2.24) is 10.9 Å². The number of anilines is 1. The van der Waals surface area contributed by atoms with Gasteiger partial charge in [-0.1, -0.05) is 29.3 Å². The lowest BCUT2D eigenvalue weighted by atomic mass is 9.97. The lowest BCUT2D eigenvalue weighted by Gasteiger charge is -2.30. The third kappa shape index (κ3) is 5.61. The van der Waals surface area contributed by atoms with Gasteiger partial charge in [0.05, 0.1) is 17.2 Å². The van der Waals surface area contributed by atoms with Crippen molar-refractivity contribution in [1.29, 1.82) is 0 Å². The molecule has 0 radical (unpaired) electrons. The number of amides is 2. The van der Waals surface area contributed by atoms with Gasteiger partial charge in [0.1, 0.15) is 6.04 Å². The zero-order valence-corrected chi connectivity index (χ0v) is 17.5. The Labute approximate surface area is 178 Å². The number of aliphatic hydroxyl groups is 1. The number of halogens is 2. The molecule has 0 aliphatic rings. The molecule has 0 aromatic heterocycles. The lowest BCUT2D eigenvalue weighted by Crippen LogP contribution is -2.56. The van der Waals surface area contributed by atoms with E-state index in [0.717, 1.165) is 0 Å². The maximum absolute atomic E-state index is 12.7. The van der Waals surface area contributed by atoms with Crippen LogP contribution in [-0.2, 0) is 4.79 Å². The normalized spacial score (nSPS) is 11.9. The van der Waals surface area contributed by atoms with Crippen LogP contribution < -0.4 is 16.2 Å². The van der Waals surface area contributed by atoms with Crippen LogP contribution in [0.15, 0.2) is 36.4 Å². The van der Waals surface area contributed by atoms with Gasteiger partial charge in [0.15, 0.2) is 0 Å². The molecule has 2 aromatic carbocycles. The lowest BCUT2D eigenvalue weighted by molar-refractivity contribution is -0.127. The number of benzene rings is 2. The Morgan fingerprint density at radius 3 is 2.28 bits per heavy atom. The van der Waals surface area contributed by atoms with E-state index in [1.165, 1.54) is 32.0 Å². The number of rotatable bonds is 5. The Hall–Kier alpha value is -2.79. The minimum absolute atomic E-state index is 0.260. The second-order valence-corrected chi connectivity index (χ2v) is 7.68. The highest BCUT2D eigenvalue weighted by Gasteiger charge is 2.34. The zero-order valence-electron chi connectivity index (χ0n) is 16.0. The van der Waals surface area contributed by atoms with E-state index in [2.05, 4.69) is 21.0 Å². The summed E-state index contributed by atoms with van der Waals surface area (Å²) < 4.78 is 0. The van der Waals surface area contributed by atoms with E-state index in [-0.39, 0.29) is 10.7 Å². The van der Waals surface area contributed by atoms with Crippen LogP contribution in [0.1, 0.15) is 29.8 Å². The van der Waals surface area contributed by atoms with Crippen molar-refractivity contribution in [3.8, 4) is 0 Å². The van der Waals surface area contributed by atoms with Crippen molar-refractivity contribution in [2.75, 3.05) is 5.32 Å². The molecule has 0 bridgehead atoms. The molecule has 1 atom stereocenters. The Morgan fingerprint density at radius 2 is 1.72 bits per heavy atom. The highest BCUT2D eigenvalue weighted by atomic mass is 35.5. The molecule has 0 fully saturated rings. The quantitative estimate of drug-likeness (QED) is 0.424. The van der Waals surface area contributed by atoms with Gasteiger partial charge in [-0.25, -0.2) is 4.85 Å². The number of hydrogen-bond acceptors (Lipinski definition) is 4. The summed E-state index contributed by atoms with van der Waals surface area (Å²) in [5.74, 6) is -1.20. The van der Waals surface area contributed by atoms with E-state index in [1.54, 1.807) is 25.1 Å². The molecule has 2 rings (SSSR count). The number of nitrogens with zero attached hydrogens (tertiary/aromatic N) is 1. The van der Waals surface area contributed by atoms with Crippen LogP contribution in [0, 0.1) is 13.5 Å². The van der Waals surface area contributed by atoms with Gasteiger partial charge in [0, 0.05) is 16.3 Å². The molecular formula is C20H20Cl2N4O3. The first-order valence-corrected chi connectivity index (χ1v) is 9.31. The van der Waals surface area contributed by atoms with Crippen LogP contribution in [0.25, 0.3) is 4.85 Å². The third-order valence-electron chi connectivity index (χ3n) is 4.16. The van der Waals surface area contributed by atoms with E-state index >= 15 is 0 Å². The van der Waals surface area contributed by atoms with Gasteiger partial charge in [0.2, 0.25) is 5.69 Å². The summed E-state index contributed by atoms with van der Waals surface area (Å²) in [5, 5.41) is 14.1. The zero-order chi connectivity index (χ0) is 21.8. The maximum atomic E-state index is 12.7. The molecule has 0 heterocycles. The van der Waals surface area contributed by atoms with Gasteiger partial charge in [-0.3, -0.25) is 20.4 Å². The van der Waals surface area contributed by atoms with Crippen molar-refractivity contribution in [2.45, 2.75) is 32.4 Å². The molecule has 0 aliphatic heterocycles. The molecule has 0 unspecified atom stereocenters. The number of nitrogens with one attached hydrogen (secondary N) is 3. The molecule has 7 nitrogen and oxygen atoms in total. The van der Waals surface area contributed by atoms with Gasteiger partial charge in [0.25, 0.3) is 11.8 Å². The standard InChI is InChI=1S/C20H20Cl2N4O3/c1-11-14(9-10-15(23-4)16(11)22)24-17(20(2,3)29)19(28)26-25-18(27)12-5-7-13(21)8-6-12/h5-10,17,24,29H,1-3H3,(H,25,27)(H,26,28)/t17-/m0/s1. The number of carbonyl (C=O) groups excluding carboxylic acids is 2. The predicted octanol–water partition coefficient (Wildman–Crippen LogP) is 3.87. The smallest absolute Gasteiger partial charge is 0.269 e. The summed E-state index contributed by atoms with van der Waals surface area (Å²) in [5.41, 5.74) is 4.76. The van der Waals surface area contributed by atoms with Crippen molar-refractivity contribution in [2.24, 2.45) is 0 Å². The van der Waals surface area contributed by atoms with Crippen molar-refractivity contribution < 1.29 is 14.7 Å². The fraction of sp³-hybridized carbons (Fsp3) is 0.250. The van der Waals surface area contributed by atoms with Crippen LogP contribution in [0.3, 0.4) is 0 Å². The molecule has 0 saturated heterocycles. The summed E-state index contributed by atoms with van der Waals surface area (Å²) in [4.78, 5) is 28.1. The largest absolute Gasteiger partial charge is 0.388 e. The molecule has 4 N–H and O–H groups in total. The van der Waals surface area contributed by atoms with E-state index < -0.39 is 23.5 Å². The van der Waals surface area contributed by atoms with Crippen LogP contribution in [-0.4, -0.2) is 28.6 Å². The first-order valence-electron chi connectivity index (χ1n) is 8.56. The first kappa shape index (κ1) is 22.5. The van der Waals surface area contributed by atoms with Gasteiger partial charge in [-0.15, -0.1) is 0 Å². The average molecular weight is 435 g/mol. The summed E-state index contributed by atoms with van der Waals surface area (Å²) in [6, 6.07) is 8.14. The Balaban J connectivity index is 2.15. The van der Waals surface area contributed by atoms with Crippen LogP contribution in [0.2, 0.25) is 10.0 Å². The Morgan fingerprint density at radius 1 is 1.10 bits per heavy atom. The molecule has 152 valence electrons. The summed E-state index contributed by atoms with van der Waals surface area (Å²) in [6.07, 6.45) is 0. The van der Waals surface area contributed by atoms with E-state index in [0.29, 0.717) is 21.8 Å². The Kier molecular flexibility index (Phi) is 7.09. The second kappa shape index (κ2) is 9.14. The fourth-order valence-corrected chi connectivity index (χ4v) is 2.83. The summed E-state index contributed by atoms with van der Waals surface area (Å²) in [7, 11) is 0. The average Bonchev–Trinajstić information content (AvgIpc) is 2.66. The highest BCUT2D eigenvalue weighted by molar-refractivity contribution is 6.34. The molecule has 29 heavy (non-hydrogen) atoms. The molecule has 0 aliphatic carbocycles. The third-order valence-corrected chi connectivity index (χ3v) is 4.89. The Bertz CT molecular complexity index is 963. The predicted molar refractivity (Wildman–Crippen MR) is 113 cm³/mol. The molecule has 0 saturated carbocycles. The van der Waals surface area contributed by atoms with Crippen LogP contribution >= 0.6 is 23.2 Å². The summed E-state index contributed by atoms with van der Waals surface area (Å²) >= 11 is 12.0. The minimum Gasteiger partial charge on any atom is -0.388 e. The van der Waals surface area contributed by atoms with E-state index in [1.807, 2.05) is 0 Å². The monoisotopic (exact) mass is 434 g/mol. The molecular weight excluding hydrogens is 415 g/mol. The van der Waals surface area contributed by atoms with Crippen molar-refractivity contribution in [3.63, 3.8) is 0 Å². The van der Waals surface area contributed by atoms with E-state index in [4.69, 9.17) is 29.8 Å². The second-order valence-electron chi connectivity index (χ2n) is 6.86. The number of carbonyl (C=O) groups is 2. The maximum Gasteiger partial charge on any atom is 0.269 e. The molecule has 2 amide bonds. The first-order chi connectivity index (χ1) is 13.5. The number of hydrazine groups is 1. The topological polar surface area (TPSA) is 94.8 Å². The van der Waals surface area contributed by atoms with Gasteiger partial charge < -0.3 is 10.4 Å². The van der Waals surface area contributed by atoms with Gasteiger partial charge in [-0.2, -0.15) is 0 Å².